The lowest BCUT2D eigenvalue weighted by Gasteiger charge is -2.33. The molecule has 0 radical (unpaired) electrons. The van der Waals surface area contributed by atoms with Crippen molar-refractivity contribution in [1.29, 1.82) is 0 Å². The molecule has 0 saturated carbocycles. The van der Waals surface area contributed by atoms with Crippen molar-refractivity contribution in [3.05, 3.63) is 22.3 Å². The van der Waals surface area contributed by atoms with E-state index in [2.05, 4.69) is 0 Å². The second kappa shape index (κ2) is 7.76. The molecule has 0 saturated heterocycles. The van der Waals surface area contributed by atoms with Crippen molar-refractivity contribution in [3.63, 3.8) is 0 Å². The zero-order valence-corrected chi connectivity index (χ0v) is 16.2. The summed E-state index contributed by atoms with van der Waals surface area (Å²) >= 11 is 0. The summed E-state index contributed by atoms with van der Waals surface area (Å²) in [5.74, 6) is -0.418. The summed E-state index contributed by atoms with van der Waals surface area (Å²) in [4.78, 5) is 51.2. The molecule has 25 heavy (non-hydrogen) atoms. The minimum Gasteiger partial charge on any atom is -0.347 e. The number of carbonyl (C=O) groups is 4. The van der Waals surface area contributed by atoms with Gasteiger partial charge in [-0.25, -0.2) is 0 Å². The van der Waals surface area contributed by atoms with Gasteiger partial charge in [0.25, 0.3) is 0 Å². The van der Waals surface area contributed by atoms with Gasteiger partial charge in [0.2, 0.25) is 12.3 Å². The lowest BCUT2D eigenvalue weighted by molar-refractivity contribution is -0.132. The molecule has 6 heteroatoms. The van der Waals surface area contributed by atoms with Crippen LogP contribution in [0.2, 0.25) is 0 Å². The molecule has 1 rings (SSSR count). The summed E-state index contributed by atoms with van der Waals surface area (Å²) in [5, 5.41) is 0. The van der Waals surface area contributed by atoms with Crippen LogP contribution in [0.5, 0.6) is 0 Å². The highest BCUT2D eigenvalue weighted by atomic mass is 16.2. The molecule has 0 unspecified atom stereocenters. The van der Waals surface area contributed by atoms with Gasteiger partial charge < -0.3 is 9.80 Å². The average Bonchev–Trinajstić information content (AvgIpc) is 2.54. The number of hydrogen-bond donors (Lipinski definition) is 0. The fourth-order valence-corrected chi connectivity index (χ4v) is 2.99. The Bertz CT molecular complexity index is 671. The molecule has 1 aliphatic carbocycles. The third kappa shape index (κ3) is 4.44. The Morgan fingerprint density at radius 3 is 2.00 bits per heavy atom. The standard InChI is InChI=1S/C19H28N2O4/c1-12-13(2)18(25)16(14(3)17(12)24)19(4,5)10-15(23)21(7)9-8-20(6)11-22/h11H,8-10H2,1-7H3. The van der Waals surface area contributed by atoms with E-state index < -0.39 is 5.41 Å². The Morgan fingerprint density at radius 2 is 1.48 bits per heavy atom. The molecule has 138 valence electrons. The van der Waals surface area contributed by atoms with Crippen LogP contribution in [-0.4, -0.2) is 60.9 Å². The van der Waals surface area contributed by atoms with Crippen LogP contribution in [0.15, 0.2) is 22.3 Å². The van der Waals surface area contributed by atoms with Gasteiger partial charge in [-0.05, 0) is 20.8 Å². The first kappa shape index (κ1) is 20.8. The van der Waals surface area contributed by atoms with Crippen LogP contribution in [-0.2, 0) is 19.2 Å². The molecule has 0 aromatic heterocycles. The summed E-state index contributed by atoms with van der Waals surface area (Å²) in [6.45, 7) is 9.44. The van der Waals surface area contributed by atoms with Gasteiger partial charge in [0.1, 0.15) is 0 Å². The van der Waals surface area contributed by atoms with Crippen molar-refractivity contribution in [2.75, 3.05) is 27.2 Å². The number of amides is 2. The van der Waals surface area contributed by atoms with Crippen LogP contribution in [0, 0.1) is 5.41 Å². The first-order valence-corrected chi connectivity index (χ1v) is 8.31. The molecule has 6 nitrogen and oxygen atoms in total. The number of nitrogens with zero attached hydrogens (tertiary/aromatic N) is 2. The highest BCUT2D eigenvalue weighted by Gasteiger charge is 2.38. The Balaban J connectivity index is 2.97. The van der Waals surface area contributed by atoms with E-state index in [1.165, 1.54) is 4.90 Å². The third-order valence-corrected chi connectivity index (χ3v) is 4.85. The number of likely N-dealkylation sites (N-methyl/N-ethyl adjacent to an activating group) is 2. The average molecular weight is 348 g/mol. The lowest BCUT2D eigenvalue weighted by atomic mass is 9.71. The van der Waals surface area contributed by atoms with E-state index in [1.807, 2.05) is 13.8 Å². The third-order valence-electron chi connectivity index (χ3n) is 4.85. The highest BCUT2D eigenvalue weighted by molar-refractivity contribution is 6.25. The number of hydrogen-bond acceptors (Lipinski definition) is 4. The molecule has 2 amide bonds. The summed E-state index contributed by atoms with van der Waals surface area (Å²) in [6.07, 6.45) is 0.826. The van der Waals surface area contributed by atoms with Crippen molar-refractivity contribution < 1.29 is 19.2 Å². The maximum absolute atomic E-state index is 12.7. The zero-order chi connectivity index (χ0) is 19.5. The Kier molecular flexibility index (Phi) is 6.46. The fourth-order valence-electron chi connectivity index (χ4n) is 2.99. The summed E-state index contributed by atoms with van der Waals surface area (Å²) < 4.78 is 0. The Morgan fingerprint density at radius 1 is 0.960 bits per heavy atom. The van der Waals surface area contributed by atoms with Gasteiger partial charge in [-0.1, -0.05) is 13.8 Å². The van der Waals surface area contributed by atoms with Gasteiger partial charge in [0, 0.05) is 61.3 Å². The van der Waals surface area contributed by atoms with Crippen LogP contribution < -0.4 is 0 Å². The minimum atomic E-state index is -0.749. The van der Waals surface area contributed by atoms with Crippen LogP contribution in [0.25, 0.3) is 0 Å². The van der Waals surface area contributed by atoms with Crippen LogP contribution in [0.3, 0.4) is 0 Å². The number of carbonyl (C=O) groups excluding carboxylic acids is 4. The van der Waals surface area contributed by atoms with Gasteiger partial charge in [-0.3, -0.25) is 19.2 Å². The molecule has 0 aliphatic heterocycles. The molecule has 0 atom stereocenters. The maximum Gasteiger partial charge on any atom is 0.223 e. The normalized spacial score (nSPS) is 15.6. The second-order valence-corrected chi connectivity index (χ2v) is 7.37. The van der Waals surface area contributed by atoms with Crippen LogP contribution >= 0.6 is 0 Å². The molecule has 0 aromatic rings. The monoisotopic (exact) mass is 348 g/mol. The van der Waals surface area contributed by atoms with Gasteiger partial charge in [-0.2, -0.15) is 0 Å². The van der Waals surface area contributed by atoms with Crippen molar-refractivity contribution in [2.24, 2.45) is 5.41 Å². The van der Waals surface area contributed by atoms with Crippen molar-refractivity contribution in [1.82, 2.24) is 9.80 Å². The van der Waals surface area contributed by atoms with E-state index >= 15 is 0 Å². The van der Waals surface area contributed by atoms with Gasteiger partial charge in [0.15, 0.2) is 11.6 Å². The summed E-state index contributed by atoms with van der Waals surface area (Å²) in [6, 6.07) is 0. The SMILES string of the molecule is CC1=C(C)C(=O)C(C(C)(C)CC(=O)N(C)CCN(C)C=O)=C(C)C1=O. The number of rotatable bonds is 7. The predicted octanol–water partition coefficient (Wildman–Crippen LogP) is 1.75. The first-order chi connectivity index (χ1) is 11.4. The molecule has 0 fully saturated rings. The van der Waals surface area contributed by atoms with Crippen molar-refractivity contribution >= 4 is 23.9 Å². The van der Waals surface area contributed by atoms with E-state index in [-0.39, 0.29) is 23.9 Å². The van der Waals surface area contributed by atoms with Crippen molar-refractivity contribution in [2.45, 2.75) is 41.0 Å². The molecule has 0 N–H and O–H groups in total. The van der Waals surface area contributed by atoms with Gasteiger partial charge in [0.05, 0.1) is 0 Å². The van der Waals surface area contributed by atoms with Gasteiger partial charge in [-0.15, -0.1) is 0 Å². The molecule has 1 aliphatic rings. The number of Topliss-reactive ketones (excluding diaryl/α,β-unsaturated/α-hetero) is 2. The smallest absolute Gasteiger partial charge is 0.223 e. The Labute approximate surface area is 149 Å². The molecular weight excluding hydrogens is 320 g/mol. The van der Waals surface area contributed by atoms with E-state index in [9.17, 15) is 19.2 Å². The van der Waals surface area contributed by atoms with E-state index in [1.54, 1.807) is 39.8 Å². The molecule has 0 spiro atoms. The maximum atomic E-state index is 12.7. The van der Waals surface area contributed by atoms with Crippen molar-refractivity contribution in [3.8, 4) is 0 Å². The molecule has 0 bridgehead atoms. The summed E-state index contributed by atoms with van der Waals surface area (Å²) in [5.41, 5.74) is 1.02. The quantitative estimate of drug-likeness (QED) is 0.519. The Hall–Kier alpha value is -2.24. The number of allylic oxidation sites excluding steroid dienone is 4. The van der Waals surface area contributed by atoms with Crippen LogP contribution in [0.4, 0.5) is 0 Å². The second-order valence-electron chi connectivity index (χ2n) is 7.37. The lowest BCUT2D eigenvalue weighted by Crippen LogP contribution is -2.38. The zero-order valence-electron chi connectivity index (χ0n) is 16.2. The van der Waals surface area contributed by atoms with E-state index in [4.69, 9.17) is 0 Å². The minimum absolute atomic E-state index is 0.117. The molecule has 0 heterocycles. The highest BCUT2D eigenvalue weighted by Crippen LogP contribution is 2.39. The van der Waals surface area contributed by atoms with Crippen LogP contribution in [0.1, 0.15) is 41.0 Å². The van der Waals surface area contributed by atoms with Gasteiger partial charge >= 0.3 is 0 Å². The predicted molar refractivity (Wildman–Crippen MR) is 95.8 cm³/mol. The fraction of sp³-hybridized carbons (Fsp3) is 0.579. The first-order valence-electron chi connectivity index (χ1n) is 8.31. The summed E-state index contributed by atoms with van der Waals surface area (Å²) in [7, 11) is 3.31. The number of ketones is 2. The van der Waals surface area contributed by atoms with E-state index in [0.717, 1.165) is 0 Å². The van der Waals surface area contributed by atoms with E-state index in [0.29, 0.717) is 41.8 Å². The molecular formula is C19H28N2O4. The largest absolute Gasteiger partial charge is 0.347 e. The molecule has 0 aromatic carbocycles. The topological polar surface area (TPSA) is 74.8 Å².